The quantitative estimate of drug-likeness (QED) is 0.808. The van der Waals surface area contributed by atoms with Crippen LogP contribution in [-0.4, -0.2) is 50.5 Å². The fourth-order valence-corrected chi connectivity index (χ4v) is 3.93. The molecule has 8 nitrogen and oxygen atoms in total. The number of aromatic nitrogens is 4. The highest BCUT2D eigenvalue weighted by atomic mass is 19.1. The number of nitrogens with zero attached hydrogens (tertiary/aromatic N) is 5. The van der Waals surface area contributed by atoms with Crippen molar-refractivity contribution in [1.29, 1.82) is 0 Å². The number of aryl methyl sites for hydroxylation is 1. The molecule has 2 aliphatic rings. The molecule has 3 heterocycles. The van der Waals surface area contributed by atoms with Crippen LogP contribution in [0.2, 0.25) is 0 Å². The number of hydrogen-bond donors (Lipinski definition) is 0. The number of carbonyl (C=O) groups excluding carboxylic acids is 1. The summed E-state index contributed by atoms with van der Waals surface area (Å²) in [5, 5.41) is 11.6. The van der Waals surface area contributed by atoms with Crippen molar-refractivity contribution in [3.05, 3.63) is 23.1 Å². The lowest BCUT2D eigenvalue weighted by atomic mass is 9.87. The van der Waals surface area contributed by atoms with Gasteiger partial charge in [0.25, 0.3) is 0 Å². The summed E-state index contributed by atoms with van der Waals surface area (Å²) in [4.78, 5) is 18.9. The van der Waals surface area contributed by atoms with E-state index in [0.29, 0.717) is 49.0 Å². The number of rotatable bonds is 4. The zero-order valence-corrected chi connectivity index (χ0v) is 15.4. The average molecular weight is 377 g/mol. The van der Waals surface area contributed by atoms with Gasteiger partial charge in [-0.05, 0) is 45.4 Å². The number of hydrogen-bond acceptors (Lipinski definition) is 7. The van der Waals surface area contributed by atoms with Crippen molar-refractivity contribution in [3.8, 4) is 0 Å². The summed E-state index contributed by atoms with van der Waals surface area (Å²) in [6.07, 6.45) is 3.83. The minimum atomic E-state index is -0.689. The molecule has 146 valence electrons. The second kappa shape index (κ2) is 7.74. The smallest absolute Gasteiger partial charge is 0.229 e. The van der Waals surface area contributed by atoms with Gasteiger partial charge >= 0.3 is 0 Å². The van der Waals surface area contributed by atoms with E-state index in [1.54, 1.807) is 6.92 Å². The van der Waals surface area contributed by atoms with E-state index in [0.717, 1.165) is 25.7 Å². The molecule has 1 aliphatic heterocycles. The first-order chi connectivity index (χ1) is 13.1. The van der Waals surface area contributed by atoms with Crippen LogP contribution in [0.1, 0.15) is 73.5 Å². The Balaban J connectivity index is 1.30. The second-order valence-corrected chi connectivity index (χ2v) is 7.57. The molecular formula is C18H24FN5O3. The van der Waals surface area contributed by atoms with E-state index >= 15 is 0 Å². The molecule has 1 saturated carbocycles. The molecule has 0 N–H and O–H groups in total. The summed E-state index contributed by atoms with van der Waals surface area (Å²) in [6.45, 7) is 3.08. The first-order valence-electron chi connectivity index (χ1n) is 9.63. The maximum Gasteiger partial charge on any atom is 0.229 e. The van der Waals surface area contributed by atoms with Gasteiger partial charge in [0.15, 0.2) is 5.82 Å². The van der Waals surface area contributed by atoms with Gasteiger partial charge in [0.1, 0.15) is 17.6 Å². The van der Waals surface area contributed by atoms with E-state index in [1.165, 1.54) is 0 Å². The van der Waals surface area contributed by atoms with Gasteiger partial charge in [-0.15, -0.1) is 0 Å². The minimum Gasteiger partial charge on any atom is -0.342 e. The molecule has 2 aromatic rings. The molecule has 0 spiro atoms. The molecule has 9 heteroatoms. The highest BCUT2D eigenvalue weighted by molar-refractivity contribution is 5.78. The van der Waals surface area contributed by atoms with E-state index in [-0.39, 0.29) is 24.2 Å². The number of halogens is 1. The maximum atomic E-state index is 13.3. The van der Waals surface area contributed by atoms with Gasteiger partial charge < -0.3 is 9.42 Å². The van der Waals surface area contributed by atoms with Gasteiger partial charge in [0.2, 0.25) is 11.8 Å². The summed E-state index contributed by atoms with van der Waals surface area (Å²) in [7, 11) is 0. The Bertz CT molecular complexity index is 776. The van der Waals surface area contributed by atoms with Gasteiger partial charge in [-0.1, -0.05) is 15.5 Å². The molecule has 0 radical (unpaired) electrons. The lowest BCUT2D eigenvalue weighted by Crippen LogP contribution is -2.39. The Morgan fingerprint density at radius 1 is 1.07 bits per heavy atom. The standard InChI is InChI=1S/C18H24FN5O3/c1-11-15(22-27-21-11)10-16(25)24-8-6-13(7-9-24)18-20-17(23-26-18)12-2-4-14(19)5-3-12/h12-14H,2-10H2,1H3. The molecule has 2 fully saturated rings. The Kier molecular flexibility index (Phi) is 5.18. The fourth-order valence-electron chi connectivity index (χ4n) is 3.93. The number of likely N-dealkylation sites (tertiary alicyclic amines) is 1. The third kappa shape index (κ3) is 4.01. The van der Waals surface area contributed by atoms with Crippen LogP contribution in [0.5, 0.6) is 0 Å². The van der Waals surface area contributed by atoms with E-state index in [1.807, 2.05) is 4.90 Å². The lowest BCUT2D eigenvalue weighted by molar-refractivity contribution is -0.131. The monoisotopic (exact) mass is 377 g/mol. The van der Waals surface area contributed by atoms with Crippen LogP contribution in [0, 0.1) is 6.92 Å². The van der Waals surface area contributed by atoms with Crippen LogP contribution in [0.15, 0.2) is 9.15 Å². The SMILES string of the molecule is Cc1nonc1CC(=O)N1CCC(c2nc(C3CCC(F)CC3)no2)CC1. The third-order valence-electron chi connectivity index (χ3n) is 5.74. The van der Waals surface area contributed by atoms with Crippen molar-refractivity contribution in [2.24, 2.45) is 0 Å². The summed E-state index contributed by atoms with van der Waals surface area (Å²) >= 11 is 0. The van der Waals surface area contributed by atoms with Gasteiger partial charge in [-0.2, -0.15) is 4.98 Å². The van der Waals surface area contributed by atoms with E-state index in [2.05, 4.69) is 25.1 Å². The maximum absolute atomic E-state index is 13.3. The van der Waals surface area contributed by atoms with Crippen molar-refractivity contribution in [3.63, 3.8) is 0 Å². The van der Waals surface area contributed by atoms with E-state index in [9.17, 15) is 9.18 Å². The molecule has 1 saturated heterocycles. The van der Waals surface area contributed by atoms with E-state index in [4.69, 9.17) is 4.52 Å². The molecule has 1 amide bonds. The van der Waals surface area contributed by atoms with Crippen molar-refractivity contribution < 1.29 is 18.3 Å². The second-order valence-electron chi connectivity index (χ2n) is 7.57. The molecule has 0 atom stereocenters. The predicted molar refractivity (Wildman–Crippen MR) is 91.7 cm³/mol. The Morgan fingerprint density at radius 3 is 2.48 bits per heavy atom. The third-order valence-corrected chi connectivity index (χ3v) is 5.74. The van der Waals surface area contributed by atoms with Gasteiger partial charge in [-0.25, -0.2) is 9.02 Å². The van der Waals surface area contributed by atoms with Crippen LogP contribution < -0.4 is 0 Å². The largest absolute Gasteiger partial charge is 0.342 e. The number of alkyl halides is 1. The van der Waals surface area contributed by atoms with Crippen LogP contribution in [0.25, 0.3) is 0 Å². The van der Waals surface area contributed by atoms with Crippen molar-refractivity contribution >= 4 is 5.91 Å². The first-order valence-corrected chi connectivity index (χ1v) is 9.63. The summed E-state index contributed by atoms with van der Waals surface area (Å²) in [5.41, 5.74) is 1.24. The van der Waals surface area contributed by atoms with Crippen molar-refractivity contribution in [1.82, 2.24) is 25.4 Å². The number of carbonyl (C=O) groups is 1. The lowest BCUT2D eigenvalue weighted by Gasteiger charge is -2.30. The topological polar surface area (TPSA) is 98.2 Å². The molecular weight excluding hydrogens is 353 g/mol. The van der Waals surface area contributed by atoms with Gasteiger partial charge in [0.05, 0.1) is 6.42 Å². The highest BCUT2D eigenvalue weighted by Crippen LogP contribution is 2.34. The Hall–Kier alpha value is -2.32. The number of piperidine rings is 1. The zero-order valence-electron chi connectivity index (χ0n) is 15.4. The van der Waals surface area contributed by atoms with Crippen LogP contribution in [0.4, 0.5) is 4.39 Å². The zero-order chi connectivity index (χ0) is 18.8. The molecule has 0 unspecified atom stereocenters. The fraction of sp³-hybridized carbons (Fsp3) is 0.722. The summed E-state index contributed by atoms with van der Waals surface area (Å²) in [5.74, 6) is 1.76. The van der Waals surface area contributed by atoms with Gasteiger partial charge in [-0.3, -0.25) is 4.79 Å². The normalized spacial score (nSPS) is 24.3. The minimum absolute atomic E-state index is 0.0291. The number of amides is 1. The molecule has 0 aromatic carbocycles. The molecule has 4 rings (SSSR count). The Morgan fingerprint density at radius 2 is 1.81 bits per heavy atom. The van der Waals surface area contributed by atoms with Crippen molar-refractivity contribution in [2.45, 2.75) is 69.9 Å². The Labute approximate surface area is 156 Å². The van der Waals surface area contributed by atoms with Crippen LogP contribution in [-0.2, 0) is 11.2 Å². The first kappa shape index (κ1) is 18.1. The summed E-state index contributed by atoms with van der Waals surface area (Å²) < 4.78 is 23.4. The van der Waals surface area contributed by atoms with Crippen molar-refractivity contribution in [2.75, 3.05) is 13.1 Å². The average Bonchev–Trinajstić information content (AvgIpc) is 3.32. The van der Waals surface area contributed by atoms with Crippen LogP contribution in [0.3, 0.4) is 0 Å². The van der Waals surface area contributed by atoms with Gasteiger partial charge in [0, 0.05) is 24.9 Å². The molecule has 27 heavy (non-hydrogen) atoms. The molecule has 0 bridgehead atoms. The van der Waals surface area contributed by atoms with E-state index < -0.39 is 6.17 Å². The predicted octanol–water partition coefficient (Wildman–Crippen LogP) is 2.71. The molecule has 1 aliphatic carbocycles. The molecule has 2 aromatic heterocycles. The summed E-state index contributed by atoms with van der Waals surface area (Å²) in [6, 6.07) is 0. The van der Waals surface area contributed by atoms with Crippen LogP contribution >= 0.6 is 0 Å². The highest BCUT2D eigenvalue weighted by Gasteiger charge is 2.30.